The summed E-state index contributed by atoms with van der Waals surface area (Å²) in [4.78, 5) is 13.9. The van der Waals surface area contributed by atoms with Gasteiger partial charge in [0.25, 0.3) is 0 Å². The zero-order chi connectivity index (χ0) is 15.9. The van der Waals surface area contributed by atoms with Crippen molar-refractivity contribution in [3.05, 3.63) is 48.2 Å². The highest BCUT2D eigenvalue weighted by atomic mass is 16.6. The standard InChI is InChI=1S/C19H27NO2/c1-4-9-16(5-2)12-15(3)20-18(14-22-19(20)21)13-17-10-7-6-8-11-17/h6-8,10-11,16,18H,3-5,9,12-14H2,1-2H3/t16-,18?/m1/s1. The highest BCUT2D eigenvalue weighted by molar-refractivity contribution is 5.72. The second kappa shape index (κ2) is 8.02. The van der Waals surface area contributed by atoms with Gasteiger partial charge in [0.2, 0.25) is 0 Å². The summed E-state index contributed by atoms with van der Waals surface area (Å²) in [5.74, 6) is 0.600. The van der Waals surface area contributed by atoms with Crippen molar-refractivity contribution in [1.82, 2.24) is 4.90 Å². The number of allylic oxidation sites excluding steroid dienone is 1. The Balaban J connectivity index is 2.02. The van der Waals surface area contributed by atoms with Crippen molar-refractivity contribution in [2.45, 2.75) is 52.0 Å². The fourth-order valence-corrected chi connectivity index (χ4v) is 3.17. The van der Waals surface area contributed by atoms with Gasteiger partial charge in [-0.05, 0) is 24.3 Å². The van der Waals surface area contributed by atoms with Gasteiger partial charge in [-0.2, -0.15) is 0 Å². The first-order chi connectivity index (χ1) is 10.7. The van der Waals surface area contributed by atoms with Crippen LogP contribution >= 0.6 is 0 Å². The van der Waals surface area contributed by atoms with Crippen molar-refractivity contribution >= 4 is 6.09 Å². The molecule has 0 radical (unpaired) electrons. The quantitative estimate of drug-likeness (QED) is 0.691. The zero-order valence-electron chi connectivity index (χ0n) is 13.8. The number of cyclic esters (lactones) is 1. The van der Waals surface area contributed by atoms with E-state index >= 15 is 0 Å². The van der Waals surface area contributed by atoms with Crippen molar-refractivity contribution in [3.8, 4) is 0 Å². The number of benzene rings is 1. The summed E-state index contributed by atoms with van der Waals surface area (Å²) in [6.45, 7) is 9.04. The smallest absolute Gasteiger partial charge is 0.414 e. The molecule has 0 aromatic heterocycles. The molecule has 2 rings (SSSR count). The Morgan fingerprint density at radius 2 is 2.09 bits per heavy atom. The third kappa shape index (κ3) is 4.12. The van der Waals surface area contributed by atoms with Crippen LogP contribution in [0.25, 0.3) is 0 Å². The molecule has 2 atom stereocenters. The number of ether oxygens (including phenoxy) is 1. The van der Waals surface area contributed by atoms with Gasteiger partial charge in [0.05, 0.1) is 6.04 Å². The van der Waals surface area contributed by atoms with Crippen LogP contribution in [-0.2, 0) is 11.2 Å². The lowest BCUT2D eigenvalue weighted by molar-refractivity contribution is 0.163. The third-order valence-electron chi connectivity index (χ3n) is 4.41. The van der Waals surface area contributed by atoms with Crippen LogP contribution in [-0.4, -0.2) is 23.6 Å². The van der Waals surface area contributed by atoms with Crippen LogP contribution in [0.4, 0.5) is 4.79 Å². The van der Waals surface area contributed by atoms with Crippen molar-refractivity contribution in [2.75, 3.05) is 6.61 Å². The summed E-state index contributed by atoms with van der Waals surface area (Å²) in [6, 6.07) is 10.3. The van der Waals surface area contributed by atoms with Gasteiger partial charge >= 0.3 is 6.09 Å². The minimum Gasteiger partial charge on any atom is -0.447 e. The highest BCUT2D eigenvalue weighted by Gasteiger charge is 2.35. The van der Waals surface area contributed by atoms with Crippen LogP contribution in [0.15, 0.2) is 42.6 Å². The normalized spacial score (nSPS) is 19.1. The van der Waals surface area contributed by atoms with E-state index in [1.54, 1.807) is 4.90 Å². The molecule has 0 bridgehead atoms. The molecule has 1 aliphatic rings. The lowest BCUT2D eigenvalue weighted by Gasteiger charge is -2.26. The summed E-state index contributed by atoms with van der Waals surface area (Å²) in [6.07, 6.45) is 4.93. The molecule has 1 fully saturated rings. The Bertz CT molecular complexity index is 497. The van der Waals surface area contributed by atoms with Crippen LogP contribution < -0.4 is 0 Å². The van der Waals surface area contributed by atoms with E-state index in [1.807, 2.05) is 18.2 Å². The minimum absolute atomic E-state index is 0.0709. The SMILES string of the molecule is C=C(C[C@H](CC)CCC)N1C(=O)OCC1Cc1ccccc1. The van der Waals surface area contributed by atoms with Gasteiger partial charge in [0.15, 0.2) is 0 Å². The molecule has 1 amide bonds. The van der Waals surface area contributed by atoms with Crippen LogP contribution in [0.2, 0.25) is 0 Å². The van der Waals surface area contributed by atoms with Crippen molar-refractivity contribution < 1.29 is 9.53 Å². The van der Waals surface area contributed by atoms with E-state index < -0.39 is 0 Å². The summed E-state index contributed by atoms with van der Waals surface area (Å²) in [5.41, 5.74) is 2.13. The molecule has 0 aliphatic carbocycles. The van der Waals surface area contributed by atoms with E-state index in [0.29, 0.717) is 12.5 Å². The summed E-state index contributed by atoms with van der Waals surface area (Å²) in [7, 11) is 0. The van der Waals surface area contributed by atoms with Crippen molar-refractivity contribution in [2.24, 2.45) is 5.92 Å². The molecule has 1 aromatic carbocycles. The lowest BCUT2D eigenvalue weighted by Crippen LogP contribution is -2.34. The molecule has 1 unspecified atom stereocenters. The number of nitrogens with zero attached hydrogens (tertiary/aromatic N) is 1. The molecule has 3 nitrogen and oxygen atoms in total. The largest absolute Gasteiger partial charge is 0.447 e. The topological polar surface area (TPSA) is 29.5 Å². The average molecular weight is 301 g/mol. The van der Waals surface area contributed by atoms with E-state index in [9.17, 15) is 4.79 Å². The van der Waals surface area contributed by atoms with E-state index in [1.165, 1.54) is 18.4 Å². The Morgan fingerprint density at radius 3 is 2.73 bits per heavy atom. The van der Waals surface area contributed by atoms with E-state index in [2.05, 4.69) is 32.6 Å². The van der Waals surface area contributed by atoms with Gasteiger partial charge in [-0.1, -0.05) is 70.0 Å². The van der Waals surface area contributed by atoms with Gasteiger partial charge in [-0.3, -0.25) is 4.90 Å². The highest BCUT2D eigenvalue weighted by Crippen LogP contribution is 2.27. The lowest BCUT2D eigenvalue weighted by atomic mass is 9.94. The molecule has 1 aliphatic heterocycles. The van der Waals surface area contributed by atoms with Gasteiger partial charge in [0.1, 0.15) is 6.61 Å². The maximum atomic E-state index is 12.1. The first-order valence-electron chi connectivity index (χ1n) is 8.33. The Morgan fingerprint density at radius 1 is 1.36 bits per heavy atom. The molecule has 1 saturated heterocycles. The first kappa shape index (κ1) is 16.6. The van der Waals surface area contributed by atoms with Gasteiger partial charge in [0, 0.05) is 5.70 Å². The van der Waals surface area contributed by atoms with Crippen LogP contribution in [0.3, 0.4) is 0 Å². The molecule has 3 heteroatoms. The van der Waals surface area contributed by atoms with Crippen molar-refractivity contribution in [1.29, 1.82) is 0 Å². The van der Waals surface area contributed by atoms with E-state index in [0.717, 1.165) is 25.0 Å². The number of hydrogen-bond donors (Lipinski definition) is 0. The van der Waals surface area contributed by atoms with Crippen LogP contribution in [0.5, 0.6) is 0 Å². The second-order valence-electron chi connectivity index (χ2n) is 6.12. The van der Waals surface area contributed by atoms with Gasteiger partial charge in [-0.25, -0.2) is 4.79 Å². The molecule has 22 heavy (non-hydrogen) atoms. The third-order valence-corrected chi connectivity index (χ3v) is 4.41. The number of carbonyl (C=O) groups is 1. The number of carbonyl (C=O) groups excluding carboxylic acids is 1. The van der Waals surface area contributed by atoms with Crippen LogP contribution in [0, 0.1) is 5.92 Å². The maximum absolute atomic E-state index is 12.1. The second-order valence-corrected chi connectivity index (χ2v) is 6.12. The van der Waals surface area contributed by atoms with Gasteiger partial charge < -0.3 is 4.74 Å². The average Bonchev–Trinajstić information content (AvgIpc) is 2.88. The zero-order valence-corrected chi connectivity index (χ0v) is 13.8. The fourth-order valence-electron chi connectivity index (χ4n) is 3.17. The predicted molar refractivity (Wildman–Crippen MR) is 89.6 cm³/mol. The monoisotopic (exact) mass is 301 g/mol. The number of amides is 1. The summed E-state index contributed by atoms with van der Waals surface area (Å²) in [5, 5.41) is 0. The maximum Gasteiger partial charge on any atom is 0.414 e. The molecule has 0 spiro atoms. The van der Waals surface area contributed by atoms with Crippen molar-refractivity contribution in [3.63, 3.8) is 0 Å². The Labute approximate surface area is 134 Å². The summed E-state index contributed by atoms with van der Waals surface area (Å²) >= 11 is 0. The molecule has 1 aromatic rings. The molecule has 120 valence electrons. The molecular formula is C19H27NO2. The molecule has 0 N–H and O–H groups in total. The first-order valence-corrected chi connectivity index (χ1v) is 8.33. The fraction of sp³-hybridized carbons (Fsp3) is 0.526. The molecule has 1 heterocycles. The predicted octanol–water partition coefficient (Wildman–Crippen LogP) is 4.78. The molecular weight excluding hydrogens is 274 g/mol. The minimum atomic E-state index is -0.239. The van der Waals surface area contributed by atoms with Crippen LogP contribution in [0.1, 0.15) is 45.1 Å². The summed E-state index contributed by atoms with van der Waals surface area (Å²) < 4.78 is 5.27. The Hall–Kier alpha value is -1.77. The molecule has 0 saturated carbocycles. The Kier molecular flexibility index (Phi) is 6.05. The van der Waals surface area contributed by atoms with E-state index in [4.69, 9.17) is 4.74 Å². The number of hydrogen-bond acceptors (Lipinski definition) is 2. The van der Waals surface area contributed by atoms with E-state index in [-0.39, 0.29) is 12.1 Å². The number of rotatable bonds is 8. The van der Waals surface area contributed by atoms with Gasteiger partial charge in [-0.15, -0.1) is 0 Å².